The van der Waals surface area contributed by atoms with E-state index in [-0.39, 0.29) is 5.91 Å². The number of aryl methyl sites for hydroxylation is 1. The number of para-hydroxylation sites is 1. The highest BCUT2D eigenvalue weighted by atomic mass is 32.2. The van der Waals surface area contributed by atoms with Crippen LogP contribution in [0.2, 0.25) is 0 Å². The Labute approximate surface area is 160 Å². The van der Waals surface area contributed by atoms with Gasteiger partial charge in [-0.05, 0) is 37.8 Å². The highest BCUT2D eigenvalue weighted by molar-refractivity contribution is 8.18. The summed E-state index contributed by atoms with van der Waals surface area (Å²) in [5.74, 6) is 0.637. The predicted octanol–water partition coefficient (Wildman–Crippen LogP) is 4.04. The number of amides is 1. The smallest absolute Gasteiger partial charge is 0.266 e. The van der Waals surface area contributed by atoms with Gasteiger partial charge in [0.25, 0.3) is 5.91 Å². The quantitative estimate of drug-likeness (QED) is 0.554. The maximum atomic E-state index is 12.7. The maximum absolute atomic E-state index is 12.7. The van der Waals surface area contributed by atoms with Crippen molar-refractivity contribution in [2.24, 2.45) is 4.99 Å². The molecule has 0 N–H and O–H groups in total. The summed E-state index contributed by atoms with van der Waals surface area (Å²) < 4.78 is 5.67. The number of nitrogens with zero attached hydrogens (tertiary/aromatic N) is 4. The molecule has 134 valence electrons. The lowest BCUT2D eigenvalue weighted by Gasteiger charge is -2.11. The van der Waals surface area contributed by atoms with E-state index in [0.717, 1.165) is 10.6 Å². The average molecular weight is 387 g/mol. The van der Waals surface area contributed by atoms with Gasteiger partial charge in [-0.2, -0.15) is 4.99 Å². The Morgan fingerprint density at radius 1 is 1.35 bits per heavy atom. The first kappa shape index (κ1) is 18.3. The van der Waals surface area contributed by atoms with Gasteiger partial charge >= 0.3 is 0 Å². The lowest BCUT2D eigenvalue weighted by atomic mass is 10.2. The number of amidine groups is 1. The molecule has 0 bridgehead atoms. The first-order valence-electron chi connectivity index (χ1n) is 8.05. The van der Waals surface area contributed by atoms with Gasteiger partial charge in [-0.1, -0.05) is 42.2 Å². The molecule has 0 aliphatic carbocycles. The molecule has 2 aromatic rings. The average Bonchev–Trinajstić information content (AvgIpc) is 3.17. The van der Waals surface area contributed by atoms with Crippen LogP contribution >= 0.6 is 23.1 Å². The Morgan fingerprint density at radius 3 is 2.85 bits per heavy atom. The summed E-state index contributed by atoms with van der Waals surface area (Å²) in [5, 5.41) is 9.98. The number of thioether (sulfide) groups is 1. The Hall–Kier alpha value is -2.45. The molecule has 2 heterocycles. The van der Waals surface area contributed by atoms with Crippen molar-refractivity contribution in [3.63, 3.8) is 0 Å². The molecule has 1 amide bonds. The number of likely N-dealkylation sites (N-methyl/N-ethyl adjacent to an activating group) is 1. The number of carbonyl (C=O) groups excluding carboxylic acids is 1. The van der Waals surface area contributed by atoms with Crippen LogP contribution in [0.5, 0.6) is 5.75 Å². The van der Waals surface area contributed by atoms with Crippen molar-refractivity contribution in [3.05, 3.63) is 52.4 Å². The van der Waals surface area contributed by atoms with Crippen LogP contribution in [0.1, 0.15) is 17.5 Å². The minimum Gasteiger partial charge on any atom is -0.489 e. The molecule has 0 spiro atoms. The summed E-state index contributed by atoms with van der Waals surface area (Å²) >= 11 is 2.73. The van der Waals surface area contributed by atoms with E-state index < -0.39 is 0 Å². The van der Waals surface area contributed by atoms with Crippen LogP contribution in [0.3, 0.4) is 0 Å². The van der Waals surface area contributed by atoms with Gasteiger partial charge in [-0.3, -0.25) is 9.69 Å². The van der Waals surface area contributed by atoms with Crippen LogP contribution < -0.4 is 4.74 Å². The maximum Gasteiger partial charge on any atom is 0.266 e. The first-order chi connectivity index (χ1) is 12.6. The number of aliphatic imine (C=N–C) groups is 1. The van der Waals surface area contributed by atoms with Gasteiger partial charge < -0.3 is 4.74 Å². The molecule has 1 fully saturated rings. The molecular weight excluding hydrogens is 368 g/mol. The molecule has 1 aliphatic rings. The van der Waals surface area contributed by atoms with Crippen LogP contribution in [0.4, 0.5) is 5.13 Å². The van der Waals surface area contributed by atoms with Gasteiger partial charge in [0.05, 0.1) is 4.91 Å². The third-order valence-corrected chi connectivity index (χ3v) is 5.21. The lowest BCUT2D eigenvalue weighted by molar-refractivity contribution is -0.122. The van der Waals surface area contributed by atoms with Gasteiger partial charge in [-0.15, -0.1) is 10.2 Å². The normalized spacial score (nSPS) is 17.3. The molecule has 0 saturated carbocycles. The Bertz CT molecular complexity index is 889. The molecular formula is C18H18N4O2S2. The molecule has 26 heavy (non-hydrogen) atoms. The van der Waals surface area contributed by atoms with E-state index in [9.17, 15) is 4.79 Å². The Balaban J connectivity index is 1.92. The number of hydrogen-bond donors (Lipinski definition) is 0. The van der Waals surface area contributed by atoms with Crippen molar-refractivity contribution in [1.82, 2.24) is 15.1 Å². The second-order valence-corrected chi connectivity index (χ2v) is 7.46. The SMILES string of the molecule is C=CCOc1ccccc1/C=C1\S/C(=N/c2nnc(C)s2)N(CC)C1=O. The molecule has 3 rings (SSSR count). The summed E-state index contributed by atoms with van der Waals surface area (Å²) in [6, 6.07) is 7.59. The molecule has 1 aromatic carbocycles. The van der Waals surface area contributed by atoms with Crippen molar-refractivity contribution in [1.29, 1.82) is 0 Å². The van der Waals surface area contributed by atoms with Crippen molar-refractivity contribution < 1.29 is 9.53 Å². The molecule has 1 saturated heterocycles. The van der Waals surface area contributed by atoms with Crippen molar-refractivity contribution in [2.75, 3.05) is 13.2 Å². The summed E-state index contributed by atoms with van der Waals surface area (Å²) in [5.41, 5.74) is 0.842. The standard InChI is InChI=1S/C18H18N4O2S2/c1-4-10-24-14-9-7-6-8-13(14)11-15-16(23)22(5-2)18(26-15)19-17-21-20-12(3)25-17/h4,6-9,11H,1,5,10H2,2-3H3/b15-11-,19-18+. The Morgan fingerprint density at radius 2 is 2.15 bits per heavy atom. The molecule has 0 unspecified atom stereocenters. The molecule has 1 aliphatic heterocycles. The largest absolute Gasteiger partial charge is 0.489 e. The fraction of sp³-hybridized carbons (Fsp3) is 0.222. The van der Waals surface area contributed by atoms with Gasteiger partial charge in [0.1, 0.15) is 17.4 Å². The second kappa shape index (κ2) is 8.29. The zero-order chi connectivity index (χ0) is 18.5. The van der Waals surface area contributed by atoms with Gasteiger partial charge in [0, 0.05) is 12.1 Å². The number of aromatic nitrogens is 2. The van der Waals surface area contributed by atoms with E-state index >= 15 is 0 Å². The van der Waals surface area contributed by atoms with E-state index in [1.54, 1.807) is 11.0 Å². The van der Waals surface area contributed by atoms with Gasteiger partial charge in [-0.25, -0.2) is 0 Å². The monoisotopic (exact) mass is 386 g/mol. The van der Waals surface area contributed by atoms with E-state index in [2.05, 4.69) is 21.8 Å². The zero-order valence-corrected chi connectivity index (χ0v) is 16.1. The van der Waals surface area contributed by atoms with Crippen LogP contribution in [-0.4, -0.2) is 39.3 Å². The predicted molar refractivity (Wildman–Crippen MR) is 107 cm³/mol. The molecule has 6 nitrogen and oxygen atoms in total. The summed E-state index contributed by atoms with van der Waals surface area (Å²) in [4.78, 5) is 19.5. The van der Waals surface area contributed by atoms with E-state index in [0.29, 0.717) is 34.1 Å². The summed E-state index contributed by atoms with van der Waals surface area (Å²) in [6.45, 7) is 8.40. The second-order valence-electron chi connectivity index (χ2n) is 5.30. The van der Waals surface area contributed by atoms with Crippen molar-refractivity contribution in [3.8, 4) is 5.75 Å². The van der Waals surface area contributed by atoms with Gasteiger partial charge in [0.15, 0.2) is 5.17 Å². The molecule has 0 atom stereocenters. The van der Waals surface area contributed by atoms with Crippen molar-refractivity contribution in [2.45, 2.75) is 13.8 Å². The fourth-order valence-electron chi connectivity index (χ4n) is 2.30. The van der Waals surface area contributed by atoms with Crippen LogP contribution in [0.25, 0.3) is 6.08 Å². The van der Waals surface area contributed by atoms with Crippen LogP contribution in [0, 0.1) is 6.92 Å². The number of hydrogen-bond acceptors (Lipinski definition) is 7. The zero-order valence-electron chi connectivity index (χ0n) is 14.5. The number of ether oxygens (including phenoxy) is 1. The van der Waals surface area contributed by atoms with Gasteiger partial charge in [0.2, 0.25) is 5.13 Å². The highest BCUT2D eigenvalue weighted by Gasteiger charge is 2.32. The van der Waals surface area contributed by atoms with E-state index in [4.69, 9.17) is 4.74 Å². The Kier molecular flexibility index (Phi) is 5.85. The minimum atomic E-state index is -0.0731. The third kappa shape index (κ3) is 4.03. The molecule has 0 radical (unpaired) electrons. The summed E-state index contributed by atoms with van der Waals surface area (Å²) in [7, 11) is 0. The highest BCUT2D eigenvalue weighted by Crippen LogP contribution is 2.35. The molecule has 1 aromatic heterocycles. The third-order valence-electron chi connectivity index (χ3n) is 3.47. The minimum absolute atomic E-state index is 0.0731. The van der Waals surface area contributed by atoms with E-state index in [1.165, 1.54) is 23.1 Å². The molecule has 8 heteroatoms. The fourth-order valence-corrected chi connectivity index (χ4v) is 3.96. The summed E-state index contributed by atoms with van der Waals surface area (Å²) in [6.07, 6.45) is 3.52. The van der Waals surface area contributed by atoms with Crippen LogP contribution in [0.15, 0.2) is 46.8 Å². The topological polar surface area (TPSA) is 67.7 Å². The number of carbonyl (C=O) groups is 1. The van der Waals surface area contributed by atoms with Crippen molar-refractivity contribution >= 4 is 45.4 Å². The first-order valence-corrected chi connectivity index (χ1v) is 9.68. The van der Waals surface area contributed by atoms with E-state index in [1.807, 2.05) is 44.2 Å². The van der Waals surface area contributed by atoms with Crippen LogP contribution in [-0.2, 0) is 4.79 Å². The number of benzene rings is 1. The number of rotatable bonds is 6. The lowest BCUT2D eigenvalue weighted by Crippen LogP contribution is -2.28.